The molecule has 1 saturated heterocycles. The number of imide groups is 1. The molecular weight excluding hydrogens is 362 g/mol. The number of amides is 2. The Labute approximate surface area is 162 Å². The van der Waals surface area contributed by atoms with Crippen LogP contribution in [0.5, 0.6) is 11.5 Å². The Morgan fingerprint density at radius 3 is 2.63 bits per heavy atom. The van der Waals surface area contributed by atoms with E-state index in [1.165, 1.54) is 10.5 Å². The van der Waals surface area contributed by atoms with E-state index in [1.54, 1.807) is 6.08 Å². The lowest BCUT2D eigenvalue weighted by molar-refractivity contribution is -0.122. The first-order chi connectivity index (χ1) is 13.1. The number of carbonyl (C=O) groups excluding carboxylic acids is 2. The molecule has 0 N–H and O–H groups in total. The first-order valence-corrected chi connectivity index (χ1v) is 9.63. The molecule has 0 aliphatic carbocycles. The van der Waals surface area contributed by atoms with Crippen molar-refractivity contribution >= 4 is 29.0 Å². The van der Waals surface area contributed by atoms with Crippen molar-refractivity contribution in [1.29, 1.82) is 0 Å². The third kappa shape index (κ3) is 3.71. The van der Waals surface area contributed by atoms with Crippen LogP contribution in [-0.4, -0.2) is 29.4 Å². The fourth-order valence-corrected chi connectivity index (χ4v) is 3.99. The van der Waals surface area contributed by atoms with Crippen molar-refractivity contribution in [3.8, 4) is 11.5 Å². The minimum Gasteiger partial charge on any atom is -0.454 e. The average molecular weight is 381 g/mol. The summed E-state index contributed by atoms with van der Waals surface area (Å²) in [6.07, 6.45) is 3.35. The maximum Gasteiger partial charge on any atom is 0.293 e. The molecule has 138 valence electrons. The summed E-state index contributed by atoms with van der Waals surface area (Å²) in [6, 6.07) is 13.8. The Morgan fingerprint density at radius 1 is 1.11 bits per heavy atom. The highest BCUT2D eigenvalue weighted by Gasteiger charge is 2.34. The van der Waals surface area contributed by atoms with Gasteiger partial charge in [0, 0.05) is 6.54 Å². The number of ether oxygens (including phenoxy) is 2. The van der Waals surface area contributed by atoms with Crippen LogP contribution in [0.25, 0.3) is 6.08 Å². The highest BCUT2D eigenvalue weighted by atomic mass is 32.2. The molecule has 0 aromatic heterocycles. The van der Waals surface area contributed by atoms with Crippen molar-refractivity contribution in [2.75, 3.05) is 13.3 Å². The molecule has 1 fully saturated rings. The monoisotopic (exact) mass is 381 g/mol. The fourth-order valence-electron chi connectivity index (χ4n) is 3.13. The molecule has 0 unspecified atom stereocenters. The van der Waals surface area contributed by atoms with E-state index < -0.39 is 0 Å². The zero-order valence-electron chi connectivity index (χ0n) is 14.9. The molecule has 2 aromatic rings. The molecule has 2 heterocycles. The smallest absolute Gasteiger partial charge is 0.293 e. The Balaban J connectivity index is 1.45. The quantitative estimate of drug-likeness (QED) is 0.719. The predicted molar refractivity (Wildman–Crippen MR) is 105 cm³/mol. The van der Waals surface area contributed by atoms with Gasteiger partial charge in [0.25, 0.3) is 11.1 Å². The van der Waals surface area contributed by atoms with E-state index in [0.717, 1.165) is 35.7 Å². The van der Waals surface area contributed by atoms with Crippen molar-refractivity contribution in [3.05, 3.63) is 64.1 Å². The third-order valence-corrected chi connectivity index (χ3v) is 5.52. The van der Waals surface area contributed by atoms with E-state index in [0.29, 0.717) is 22.9 Å². The molecule has 6 heteroatoms. The van der Waals surface area contributed by atoms with Crippen LogP contribution in [0, 0.1) is 6.92 Å². The number of fused-ring (bicyclic) bond motifs is 1. The molecule has 2 aliphatic heterocycles. The van der Waals surface area contributed by atoms with Crippen LogP contribution < -0.4 is 9.47 Å². The van der Waals surface area contributed by atoms with Crippen molar-refractivity contribution in [3.63, 3.8) is 0 Å². The number of rotatable bonds is 5. The number of hydrogen-bond acceptors (Lipinski definition) is 5. The van der Waals surface area contributed by atoms with Gasteiger partial charge in [-0.15, -0.1) is 0 Å². The molecule has 0 radical (unpaired) electrons. The molecule has 2 aromatic carbocycles. The summed E-state index contributed by atoms with van der Waals surface area (Å²) in [5, 5.41) is -0.210. The molecule has 2 aliphatic rings. The number of nitrogens with zero attached hydrogens (tertiary/aromatic N) is 1. The van der Waals surface area contributed by atoms with Crippen LogP contribution in [0.15, 0.2) is 47.4 Å². The predicted octanol–water partition coefficient (Wildman–Crippen LogP) is 4.39. The van der Waals surface area contributed by atoms with Crippen LogP contribution in [0.4, 0.5) is 4.79 Å². The lowest BCUT2D eigenvalue weighted by Gasteiger charge is -2.12. The van der Waals surface area contributed by atoms with E-state index in [-0.39, 0.29) is 17.9 Å². The van der Waals surface area contributed by atoms with E-state index in [2.05, 4.69) is 12.1 Å². The number of aryl methyl sites for hydroxylation is 2. The summed E-state index contributed by atoms with van der Waals surface area (Å²) in [6.45, 7) is 2.57. The maximum atomic E-state index is 12.7. The third-order valence-electron chi connectivity index (χ3n) is 4.61. The van der Waals surface area contributed by atoms with Gasteiger partial charge in [-0.05, 0) is 66.4 Å². The van der Waals surface area contributed by atoms with Crippen LogP contribution in [0.1, 0.15) is 23.1 Å². The van der Waals surface area contributed by atoms with Gasteiger partial charge >= 0.3 is 0 Å². The van der Waals surface area contributed by atoms with Crippen molar-refractivity contribution in [2.24, 2.45) is 0 Å². The number of hydrogen-bond donors (Lipinski definition) is 0. The van der Waals surface area contributed by atoms with Gasteiger partial charge in [0.2, 0.25) is 6.79 Å². The van der Waals surface area contributed by atoms with Crippen molar-refractivity contribution in [2.45, 2.75) is 19.8 Å². The second-order valence-electron chi connectivity index (χ2n) is 6.48. The van der Waals surface area contributed by atoms with Crippen LogP contribution in [0.3, 0.4) is 0 Å². The van der Waals surface area contributed by atoms with Crippen LogP contribution >= 0.6 is 11.8 Å². The minimum absolute atomic E-state index is 0.205. The molecule has 5 nitrogen and oxygen atoms in total. The molecule has 2 amide bonds. The summed E-state index contributed by atoms with van der Waals surface area (Å²) in [5.74, 6) is 1.14. The lowest BCUT2D eigenvalue weighted by Crippen LogP contribution is -2.29. The number of thioether (sulfide) groups is 1. The largest absolute Gasteiger partial charge is 0.454 e. The highest BCUT2D eigenvalue weighted by molar-refractivity contribution is 8.18. The van der Waals surface area contributed by atoms with Crippen molar-refractivity contribution < 1.29 is 19.1 Å². The van der Waals surface area contributed by atoms with Gasteiger partial charge in [0.15, 0.2) is 11.5 Å². The van der Waals surface area contributed by atoms with Gasteiger partial charge in [-0.2, -0.15) is 0 Å². The normalized spacial score (nSPS) is 17.2. The molecule has 0 saturated carbocycles. The Bertz CT molecular complexity index is 923. The summed E-state index contributed by atoms with van der Waals surface area (Å²) in [5.41, 5.74) is 3.03. The van der Waals surface area contributed by atoms with Gasteiger partial charge < -0.3 is 9.47 Å². The standard InChI is InChI=1S/C21H19NO4S/c1-14-10-17-18(26-13-25-17)11-16(14)12-19-20(23)22(21(24)27-19)9-5-8-15-6-3-2-4-7-15/h2-4,6-7,10-12H,5,8-9,13H2,1H3/b19-12+. The lowest BCUT2D eigenvalue weighted by atomic mass is 10.1. The zero-order chi connectivity index (χ0) is 18.8. The Morgan fingerprint density at radius 2 is 1.85 bits per heavy atom. The minimum atomic E-state index is -0.227. The number of benzene rings is 2. The molecule has 27 heavy (non-hydrogen) atoms. The van der Waals surface area contributed by atoms with E-state index >= 15 is 0 Å². The summed E-state index contributed by atoms with van der Waals surface area (Å²) < 4.78 is 10.8. The molecule has 0 bridgehead atoms. The maximum absolute atomic E-state index is 12.7. The number of carbonyl (C=O) groups is 2. The van der Waals surface area contributed by atoms with Gasteiger partial charge in [-0.3, -0.25) is 14.5 Å². The summed E-state index contributed by atoms with van der Waals surface area (Å²) in [4.78, 5) is 26.7. The molecule has 0 spiro atoms. The molecule has 0 atom stereocenters. The summed E-state index contributed by atoms with van der Waals surface area (Å²) >= 11 is 0.991. The fraction of sp³-hybridized carbons (Fsp3) is 0.238. The van der Waals surface area contributed by atoms with Crippen LogP contribution in [-0.2, 0) is 11.2 Å². The first-order valence-electron chi connectivity index (χ1n) is 8.81. The Kier molecular flexibility index (Phi) is 4.90. The zero-order valence-corrected chi connectivity index (χ0v) is 15.8. The first kappa shape index (κ1) is 17.7. The van der Waals surface area contributed by atoms with Crippen LogP contribution in [0.2, 0.25) is 0 Å². The highest BCUT2D eigenvalue weighted by Crippen LogP contribution is 2.38. The van der Waals surface area contributed by atoms with E-state index in [4.69, 9.17) is 9.47 Å². The summed E-state index contributed by atoms with van der Waals surface area (Å²) in [7, 11) is 0. The molecular formula is C21H19NO4S. The van der Waals surface area contributed by atoms with E-state index in [1.807, 2.05) is 37.3 Å². The van der Waals surface area contributed by atoms with Gasteiger partial charge in [-0.1, -0.05) is 30.3 Å². The molecule has 4 rings (SSSR count). The second kappa shape index (κ2) is 7.48. The topological polar surface area (TPSA) is 55.8 Å². The van der Waals surface area contributed by atoms with Gasteiger partial charge in [0.05, 0.1) is 4.91 Å². The van der Waals surface area contributed by atoms with Gasteiger partial charge in [-0.25, -0.2) is 0 Å². The van der Waals surface area contributed by atoms with E-state index in [9.17, 15) is 9.59 Å². The average Bonchev–Trinajstić information content (AvgIpc) is 3.22. The van der Waals surface area contributed by atoms with Gasteiger partial charge in [0.1, 0.15) is 0 Å². The van der Waals surface area contributed by atoms with Crippen molar-refractivity contribution in [1.82, 2.24) is 4.90 Å². The second-order valence-corrected chi connectivity index (χ2v) is 7.48. The Hall–Kier alpha value is -2.73. The SMILES string of the molecule is Cc1cc2c(cc1/C=C1/SC(=O)N(CCCc3ccccc3)C1=O)OCO2.